The molecule has 0 radical (unpaired) electrons. The molecule has 0 fully saturated rings. The van der Waals surface area contributed by atoms with Crippen molar-refractivity contribution in [2.24, 2.45) is 0 Å². The molecule has 2 aromatic carbocycles. The number of ether oxygens (including phenoxy) is 2. The highest BCUT2D eigenvalue weighted by Gasteiger charge is 2.20. The second-order valence-electron chi connectivity index (χ2n) is 5.59. The van der Waals surface area contributed by atoms with Crippen molar-refractivity contribution >= 4 is 5.97 Å². The van der Waals surface area contributed by atoms with Crippen LogP contribution in [0, 0.1) is 6.92 Å². The van der Waals surface area contributed by atoms with Gasteiger partial charge in [0.25, 0.3) is 5.89 Å². The summed E-state index contributed by atoms with van der Waals surface area (Å²) in [6, 6.07) is 14.4. The van der Waals surface area contributed by atoms with Gasteiger partial charge in [-0.25, -0.2) is 4.79 Å². The molecule has 0 saturated heterocycles. The molecule has 0 N–H and O–H groups in total. The Bertz CT molecular complexity index is 854. The second kappa shape index (κ2) is 7.17. The van der Waals surface area contributed by atoms with Crippen LogP contribution in [0.15, 0.2) is 52.9 Å². The third kappa shape index (κ3) is 3.85. The van der Waals surface area contributed by atoms with Gasteiger partial charge in [0, 0.05) is 5.56 Å². The van der Waals surface area contributed by atoms with Crippen LogP contribution in [0.1, 0.15) is 34.8 Å². The Balaban J connectivity index is 1.70. The Kier molecular flexibility index (Phi) is 4.79. The van der Waals surface area contributed by atoms with Crippen molar-refractivity contribution in [1.29, 1.82) is 0 Å². The van der Waals surface area contributed by atoms with E-state index in [1.54, 1.807) is 38.3 Å². The molecular formula is C19H18N2O4. The fourth-order valence-corrected chi connectivity index (χ4v) is 2.22. The lowest BCUT2D eigenvalue weighted by Gasteiger charge is -2.09. The van der Waals surface area contributed by atoms with E-state index in [0.717, 1.165) is 16.9 Å². The fourth-order valence-electron chi connectivity index (χ4n) is 2.22. The van der Waals surface area contributed by atoms with E-state index in [9.17, 15) is 4.79 Å². The molecule has 6 heteroatoms. The van der Waals surface area contributed by atoms with Crippen molar-refractivity contribution in [3.05, 3.63) is 65.5 Å². The highest BCUT2D eigenvalue weighted by molar-refractivity contribution is 5.89. The van der Waals surface area contributed by atoms with Crippen LogP contribution in [0.2, 0.25) is 0 Å². The SMILES string of the molecule is COc1ccc(-c2nnc(C(C)OC(=O)c3ccc(C)cc3)o2)cc1. The van der Waals surface area contributed by atoms with Crippen LogP contribution >= 0.6 is 0 Å². The second-order valence-corrected chi connectivity index (χ2v) is 5.59. The molecule has 3 aromatic rings. The molecule has 128 valence electrons. The van der Waals surface area contributed by atoms with Crippen molar-refractivity contribution in [3.63, 3.8) is 0 Å². The summed E-state index contributed by atoms with van der Waals surface area (Å²) in [5.74, 6) is 0.905. The van der Waals surface area contributed by atoms with Gasteiger partial charge in [-0.2, -0.15) is 0 Å². The molecule has 0 aliphatic carbocycles. The van der Waals surface area contributed by atoms with Gasteiger partial charge in [0.1, 0.15) is 5.75 Å². The lowest BCUT2D eigenvalue weighted by Crippen LogP contribution is -2.09. The first-order chi connectivity index (χ1) is 12.1. The summed E-state index contributed by atoms with van der Waals surface area (Å²) in [5, 5.41) is 7.98. The van der Waals surface area contributed by atoms with Gasteiger partial charge in [0.2, 0.25) is 5.89 Å². The van der Waals surface area contributed by atoms with E-state index in [0.29, 0.717) is 11.5 Å². The Hall–Kier alpha value is -3.15. The number of hydrogen-bond donors (Lipinski definition) is 0. The lowest BCUT2D eigenvalue weighted by atomic mass is 10.1. The molecule has 1 aromatic heterocycles. The van der Waals surface area contributed by atoms with Crippen LogP contribution in [-0.2, 0) is 4.74 Å². The van der Waals surface area contributed by atoms with Crippen molar-refractivity contribution in [2.75, 3.05) is 7.11 Å². The van der Waals surface area contributed by atoms with Crippen molar-refractivity contribution < 1.29 is 18.7 Å². The highest BCUT2D eigenvalue weighted by Crippen LogP contribution is 2.24. The molecule has 0 aliphatic heterocycles. The van der Waals surface area contributed by atoms with Crippen LogP contribution in [0.25, 0.3) is 11.5 Å². The van der Waals surface area contributed by atoms with Gasteiger partial charge in [0.15, 0.2) is 6.10 Å². The largest absolute Gasteiger partial charge is 0.497 e. The molecule has 1 heterocycles. The fraction of sp³-hybridized carbons (Fsp3) is 0.211. The van der Waals surface area contributed by atoms with Gasteiger partial charge in [-0.15, -0.1) is 10.2 Å². The molecule has 0 saturated carbocycles. The van der Waals surface area contributed by atoms with Crippen molar-refractivity contribution in [3.8, 4) is 17.2 Å². The summed E-state index contributed by atoms with van der Waals surface area (Å²) in [7, 11) is 1.60. The maximum Gasteiger partial charge on any atom is 0.338 e. The predicted molar refractivity (Wildman–Crippen MR) is 91.3 cm³/mol. The summed E-state index contributed by atoms with van der Waals surface area (Å²) >= 11 is 0. The number of aromatic nitrogens is 2. The first-order valence-electron chi connectivity index (χ1n) is 7.82. The minimum atomic E-state index is -0.645. The smallest absolute Gasteiger partial charge is 0.338 e. The van der Waals surface area contributed by atoms with Crippen LogP contribution < -0.4 is 4.74 Å². The Labute approximate surface area is 145 Å². The maximum absolute atomic E-state index is 12.2. The summed E-state index contributed by atoms with van der Waals surface area (Å²) in [6.07, 6.45) is -0.645. The minimum Gasteiger partial charge on any atom is -0.497 e. The monoisotopic (exact) mass is 338 g/mol. The van der Waals surface area contributed by atoms with Crippen LogP contribution in [0.3, 0.4) is 0 Å². The van der Waals surface area contributed by atoms with E-state index in [1.807, 2.05) is 31.2 Å². The third-order valence-corrected chi connectivity index (χ3v) is 3.70. The zero-order chi connectivity index (χ0) is 17.8. The number of nitrogens with zero attached hydrogens (tertiary/aromatic N) is 2. The Morgan fingerprint density at radius 1 is 1.04 bits per heavy atom. The number of esters is 1. The number of methoxy groups -OCH3 is 1. The first kappa shape index (κ1) is 16.7. The van der Waals surface area contributed by atoms with Crippen LogP contribution in [-0.4, -0.2) is 23.3 Å². The Morgan fingerprint density at radius 3 is 2.36 bits per heavy atom. The molecule has 0 amide bonds. The van der Waals surface area contributed by atoms with Crippen molar-refractivity contribution in [1.82, 2.24) is 10.2 Å². The first-order valence-corrected chi connectivity index (χ1v) is 7.82. The Morgan fingerprint density at radius 2 is 1.72 bits per heavy atom. The number of rotatable bonds is 5. The van der Waals surface area contributed by atoms with Gasteiger partial charge < -0.3 is 13.9 Å². The summed E-state index contributed by atoms with van der Waals surface area (Å²) < 4.78 is 16.1. The standard InChI is InChI=1S/C19H18N2O4/c1-12-4-6-15(7-5-12)19(22)24-13(2)17-20-21-18(25-17)14-8-10-16(23-3)11-9-14/h4-11,13H,1-3H3. The van der Waals surface area contributed by atoms with Crippen molar-refractivity contribution in [2.45, 2.75) is 20.0 Å². The molecule has 6 nitrogen and oxygen atoms in total. The van der Waals surface area contributed by atoms with E-state index in [4.69, 9.17) is 13.9 Å². The van der Waals surface area contributed by atoms with Gasteiger partial charge in [0.05, 0.1) is 12.7 Å². The third-order valence-electron chi connectivity index (χ3n) is 3.70. The van der Waals surface area contributed by atoms with E-state index >= 15 is 0 Å². The zero-order valence-electron chi connectivity index (χ0n) is 14.2. The summed E-state index contributed by atoms with van der Waals surface area (Å²) in [5.41, 5.74) is 2.31. The van der Waals surface area contributed by atoms with Gasteiger partial charge in [-0.05, 0) is 50.2 Å². The molecule has 0 bridgehead atoms. The summed E-state index contributed by atoms with van der Waals surface area (Å²) in [4.78, 5) is 12.2. The molecule has 3 rings (SSSR count). The quantitative estimate of drug-likeness (QED) is 0.655. The average Bonchev–Trinajstić information content (AvgIpc) is 3.12. The topological polar surface area (TPSA) is 74.5 Å². The number of hydrogen-bond acceptors (Lipinski definition) is 6. The van der Waals surface area contributed by atoms with Gasteiger partial charge >= 0.3 is 5.97 Å². The summed E-state index contributed by atoms with van der Waals surface area (Å²) in [6.45, 7) is 3.65. The number of benzene rings is 2. The van der Waals surface area contributed by atoms with Gasteiger partial charge in [-0.1, -0.05) is 17.7 Å². The maximum atomic E-state index is 12.2. The minimum absolute atomic E-state index is 0.242. The van der Waals surface area contributed by atoms with E-state index in [1.165, 1.54) is 0 Å². The normalized spacial score (nSPS) is 11.8. The van der Waals surface area contributed by atoms with E-state index < -0.39 is 12.1 Å². The predicted octanol–water partition coefficient (Wildman–Crippen LogP) is 3.97. The molecule has 0 aliphatic rings. The van der Waals surface area contributed by atoms with E-state index in [-0.39, 0.29) is 5.89 Å². The zero-order valence-corrected chi connectivity index (χ0v) is 14.2. The highest BCUT2D eigenvalue weighted by atomic mass is 16.6. The molecule has 1 unspecified atom stereocenters. The average molecular weight is 338 g/mol. The molecule has 25 heavy (non-hydrogen) atoms. The van der Waals surface area contributed by atoms with Gasteiger partial charge in [-0.3, -0.25) is 0 Å². The number of carbonyl (C=O) groups excluding carboxylic acids is 1. The molecule has 0 spiro atoms. The lowest BCUT2D eigenvalue weighted by molar-refractivity contribution is 0.0280. The van der Waals surface area contributed by atoms with Crippen LogP contribution in [0.4, 0.5) is 0 Å². The molecule has 1 atom stereocenters. The molecular weight excluding hydrogens is 320 g/mol. The number of carbonyl (C=O) groups is 1. The van der Waals surface area contributed by atoms with E-state index in [2.05, 4.69) is 10.2 Å². The van der Waals surface area contributed by atoms with Crippen LogP contribution in [0.5, 0.6) is 5.75 Å². The number of aryl methyl sites for hydroxylation is 1.